The molecule has 0 spiro atoms. The van der Waals surface area contributed by atoms with E-state index in [1.54, 1.807) is 0 Å². The van der Waals surface area contributed by atoms with Gasteiger partial charge in [0.1, 0.15) is 0 Å². The van der Waals surface area contributed by atoms with Gasteiger partial charge in [0.25, 0.3) is 0 Å². The van der Waals surface area contributed by atoms with Crippen LogP contribution in [0.3, 0.4) is 0 Å². The second-order valence-corrected chi connectivity index (χ2v) is 6.45. The summed E-state index contributed by atoms with van der Waals surface area (Å²) in [7, 11) is 0. The first-order valence-corrected chi connectivity index (χ1v) is 7.89. The van der Waals surface area contributed by atoms with Crippen molar-refractivity contribution in [2.75, 3.05) is 26.2 Å². The Morgan fingerprint density at radius 3 is 2.47 bits per heavy atom. The van der Waals surface area contributed by atoms with Gasteiger partial charge < -0.3 is 15.0 Å². The lowest BCUT2D eigenvalue weighted by molar-refractivity contribution is -0.153. The van der Waals surface area contributed by atoms with Crippen LogP contribution in [0.2, 0.25) is 0 Å². The molecule has 0 aliphatic carbocycles. The summed E-state index contributed by atoms with van der Waals surface area (Å²) in [6.45, 7) is 5.83. The molecule has 3 saturated heterocycles. The minimum absolute atomic E-state index is 0.0865. The van der Waals surface area contributed by atoms with E-state index >= 15 is 0 Å². The number of nitrogens with zero attached hydrogens (tertiary/aromatic N) is 1. The van der Waals surface area contributed by atoms with Gasteiger partial charge in [-0.25, -0.2) is 0 Å². The summed E-state index contributed by atoms with van der Waals surface area (Å²) in [5, 5.41) is 3.39. The highest BCUT2D eigenvalue weighted by atomic mass is 16.5. The van der Waals surface area contributed by atoms with Gasteiger partial charge in [-0.1, -0.05) is 13.3 Å². The van der Waals surface area contributed by atoms with Gasteiger partial charge >= 0.3 is 0 Å². The van der Waals surface area contributed by atoms with E-state index in [2.05, 4.69) is 17.1 Å². The number of likely N-dealkylation sites (tertiary alicyclic amines) is 1. The van der Waals surface area contributed by atoms with E-state index in [0.29, 0.717) is 18.1 Å². The summed E-state index contributed by atoms with van der Waals surface area (Å²) < 4.78 is 5.85. The lowest BCUT2D eigenvalue weighted by Gasteiger charge is -2.42. The maximum atomic E-state index is 13.0. The summed E-state index contributed by atoms with van der Waals surface area (Å²) >= 11 is 0. The first kappa shape index (κ1) is 13.4. The zero-order valence-electron chi connectivity index (χ0n) is 12.0. The standard InChI is InChI=1S/C15H26N2O2/c1-2-5-15(6-8-16-9-7-15)14(18)17-10-12-3-4-13(11-17)19-12/h12-13,16H,2-11H2,1H3. The van der Waals surface area contributed by atoms with Crippen LogP contribution in [0.1, 0.15) is 45.4 Å². The number of rotatable bonds is 3. The summed E-state index contributed by atoms with van der Waals surface area (Å²) in [4.78, 5) is 15.1. The Labute approximate surface area is 115 Å². The summed E-state index contributed by atoms with van der Waals surface area (Å²) in [5.74, 6) is 0.413. The Balaban J connectivity index is 1.72. The fourth-order valence-corrected chi connectivity index (χ4v) is 4.07. The summed E-state index contributed by atoms with van der Waals surface area (Å²) in [5.41, 5.74) is -0.0865. The molecular formula is C15H26N2O2. The fraction of sp³-hybridized carbons (Fsp3) is 0.933. The van der Waals surface area contributed by atoms with E-state index in [1.807, 2.05) is 0 Å². The van der Waals surface area contributed by atoms with Crippen molar-refractivity contribution in [1.29, 1.82) is 0 Å². The van der Waals surface area contributed by atoms with Crippen LogP contribution >= 0.6 is 0 Å². The summed E-state index contributed by atoms with van der Waals surface area (Å²) in [6.07, 6.45) is 7.04. The number of fused-ring (bicyclic) bond motifs is 2. The molecule has 0 radical (unpaired) electrons. The Bertz CT molecular complexity index is 322. The maximum absolute atomic E-state index is 13.0. The lowest BCUT2D eigenvalue weighted by atomic mass is 9.74. The number of ether oxygens (including phenoxy) is 1. The number of carbonyl (C=O) groups is 1. The van der Waals surface area contributed by atoms with Gasteiger partial charge in [0.05, 0.1) is 17.6 Å². The Morgan fingerprint density at radius 1 is 1.26 bits per heavy atom. The molecule has 2 atom stereocenters. The predicted octanol–water partition coefficient (Wildman–Crippen LogP) is 1.55. The van der Waals surface area contributed by atoms with Gasteiger partial charge in [-0.3, -0.25) is 4.79 Å². The van der Waals surface area contributed by atoms with Gasteiger partial charge in [0, 0.05) is 13.1 Å². The van der Waals surface area contributed by atoms with Crippen molar-refractivity contribution in [1.82, 2.24) is 10.2 Å². The molecule has 1 amide bonds. The number of morpholine rings is 1. The number of amides is 1. The second-order valence-electron chi connectivity index (χ2n) is 6.45. The van der Waals surface area contributed by atoms with Gasteiger partial charge in [0.2, 0.25) is 5.91 Å². The number of nitrogens with one attached hydrogen (secondary N) is 1. The molecule has 108 valence electrons. The van der Waals surface area contributed by atoms with Gasteiger partial charge in [-0.05, 0) is 45.2 Å². The van der Waals surface area contributed by atoms with Gasteiger partial charge in [-0.2, -0.15) is 0 Å². The van der Waals surface area contributed by atoms with E-state index in [-0.39, 0.29) is 5.41 Å². The normalized spacial score (nSPS) is 33.4. The smallest absolute Gasteiger partial charge is 0.229 e. The average Bonchev–Trinajstić information content (AvgIpc) is 2.78. The molecule has 2 unspecified atom stereocenters. The van der Waals surface area contributed by atoms with E-state index in [9.17, 15) is 4.79 Å². The third-order valence-corrected chi connectivity index (χ3v) is 5.07. The van der Waals surface area contributed by atoms with Crippen LogP contribution in [0.5, 0.6) is 0 Å². The van der Waals surface area contributed by atoms with Crippen molar-refractivity contribution in [3.8, 4) is 0 Å². The van der Waals surface area contributed by atoms with Crippen molar-refractivity contribution >= 4 is 5.91 Å². The van der Waals surface area contributed by atoms with Gasteiger partial charge in [-0.15, -0.1) is 0 Å². The maximum Gasteiger partial charge on any atom is 0.229 e. The third-order valence-electron chi connectivity index (χ3n) is 5.07. The second kappa shape index (κ2) is 5.41. The molecule has 2 bridgehead atoms. The Morgan fingerprint density at radius 2 is 1.89 bits per heavy atom. The fourth-order valence-electron chi connectivity index (χ4n) is 4.07. The van der Waals surface area contributed by atoms with Crippen molar-refractivity contribution < 1.29 is 9.53 Å². The van der Waals surface area contributed by atoms with Crippen molar-refractivity contribution in [3.05, 3.63) is 0 Å². The van der Waals surface area contributed by atoms with E-state index < -0.39 is 0 Å². The number of hydrogen-bond acceptors (Lipinski definition) is 3. The van der Waals surface area contributed by atoms with Crippen LogP contribution in [0.25, 0.3) is 0 Å². The number of piperidine rings is 1. The Kier molecular flexibility index (Phi) is 3.81. The van der Waals surface area contributed by atoms with E-state index in [1.165, 1.54) is 0 Å². The monoisotopic (exact) mass is 266 g/mol. The number of hydrogen-bond donors (Lipinski definition) is 1. The molecule has 0 aromatic carbocycles. The molecule has 1 N–H and O–H groups in total. The lowest BCUT2D eigenvalue weighted by Crippen LogP contribution is -2.54. The average molecular weight is 266 g/mol. The summed E-state index contributed by atoms with van der Waals surface area (Å²) in [6, 6.07) is 0. The highest BCUT2D eigenvalue weighted by Crippen LogP contribution is 2.38. The molecule has 3 heterocycles. The predicted molar refractivity (Wildman–Crippen MR) is 73.9 cm³/mol. The molecule has 0 aromatic rings. The quantitative estimate of drug-likeness (QED) is 0.842. The van der Waals surface area contributed by atoms with Crippen LogP contribution < -0.4 is 5.32 Å². The first-order chi connectivity index (χ1) is 9.23. The molecule has 3 rings (SSSR count). The minimum Gasteiger partial charge on any atom is -0.371 e. The van der Waals surface area contributed by atoms with Crippen molar-refractivity contribution in [2.45, 2.75) is 57.7 Å². The minimum atomic E-state index is -0.0865. The molecule has 4 heteroatoms. The zero-order valence-corrected chi connectivity index (χ0v) is 12.0. The largest absolute Gasteiger partial charge is 0.371 e. The highest BCUT2D eigenvalue weighted by Gasteiger charge is 2.44. The van der Waals surface area contributed by atoms with E-state index in [4.69, 9.17) is 4.74 Å². The first-order valence-electron chi connectivity index (χ1n) is 7.89. The van der Waals surface area contributed by atoms with Crippen LogP contribution in [0.4, 0.5) is 0 Å². The SMILES string of the molecule is CCCC1(C(=O)N2CC3CCC(C2)O3)CCNCC1. The van der Waals surface area contributed by atoms with Crippen LogP contribution in [0.15, 0.2) is 0 Å². The van der Waals surface area contributed by atoms with Crippen molar-refractivity contribution in [3.63, 3.8) is 0 Å². The van der Waals surface area contributed by atoms with Crippen LogP contribution in [-0.2, 0) is 9.53 Å². The third kappa shape index (κ3) is 2.52. The molecule has 3 aliphatic rings. The van der Waals surface area contributed by atoms with Crippen LogP contribution in [-0.4, -0.2) is 49.2 Å². The molecule has 3 aliphatic heterocycles. The highest BCUT2D eigenvalue weighted by molar-refractivity contribution is 5.83. The Hall–Kier alpha value is -0.610. The number of carbonyl (C=O) groups excluding carboxylic acids is 1. The van der Waals surface area contributed by atoms with Crippen LogP contribution in [0, 0.1) is 5.41 Å². The molecule has 3 fully saturated rings. The van der Waals surface area contributed by atoms with Gasteiger partial charge in [0.15, 0.2) is 0 Å². The molecule has 19 heavy (non-hydrogen) atoms. The topological polar surface area (TPSA) is 41.6 Å². The molecular weight excluding hydrogens is 240 g/mol. The molecule has 4 nitrogen and oxygen atoms in total. The zero-order chi connectivity index (χ0) is 13.3. The van der Waals surface area contributed by atoms with Crippen molar-refractivity contribution in [2.24, 2.45) is 5.41 Å². The molecule has 0 saturated carbocycles. The molecule has 0 aromatic heterocycles. The van der Waals surface area contributed by atoms with E-state index in [0.717, 1.165) is 64.7 Å².